The topological polar surface area (TPSA) is 59.9 Å². The van der Waals surface area contributed by atoms with E-state index in [4.69, 9.17) is 9.47 Å². The van der Waals surface area contributed by atoms with Gasteiger partial charge in [0.05, 0.1) is 12.8 Å². The van der Waals surface area contributed by atoms with E-state index >= 15 is 0 Å². The molecule has 3 rings (SSSR count). The van der Waals surface area contributed by atoms with Crippen LogP contribution in [0, 0.1) is 20.8 Å². The SMILES string of the molecule is CCOc1cc(/C=N\NC(=O)c2ccc(C)cc2)ccc1OCc1cc(C)ccc1C. The molecule has 0 atom stereocenters. The Morgan fingerprint density at radius 1 is 0.903 bits per heavy atom. The molecule has 0 spiro atoms. The Labute approximate surface area is 183 Å². The standard InChI is InChI=1S/C26H28N2O3/c1-5-30-25-15-21(16-27-28-26(29)22-11-7-18(2)8-12-22)10-13-24(25)31-17-23-14-19(3)6-9-20(23)4/h6-16H,5,17H2,1-4H3,(H,28,29)/b27-16-. The van der Waals surface area contributed by atoms with Crippen LogP contribution in [0.4, 0.5) is 0 Å². The molecule has 1 N–H and O–H groups in total. The molecule has 5 heteroatoms. The van der Waals surface area contributed by atoms with Crippen LogP contribution in [0.25, 0.3) is 0 Å². The highest BCUT2D eigenvalue weighted by Gasteiger charge is 2.08. The van der Waals surface area contributed by atoms with E-state index in [1.807, 2.05) is 44.2 Å². The molecule has 0 heterocycles. The number of amides is 1. The number of nitrogens with one attached hydrogen (secondary N) is 1. The third-order valence-electron chi connectivity index (χ3n) is 4.85. The fourth-order valence-corrected chi connectivity index (χ4v) is 3.04. The van der Waals surface area contributed by atoms with Crippen LogP contribution in [0.3, 0.4) is 0 Å². The summed E-state index contributed by atoms with van der Waals surface area (Å²) in [6.07, 6.45) is 1.59. The summed E-state index contributed by atoms with van der Waals surface area (Å²) in [7, 11) is 0. The van der Waals surface area contributed by atoms with Gasteiger partial charge in [0.1, 0.15) is 6.61 Å². The van der Waals surface area contributed by atoms with Gasteiger partial charge in [-0.15, -0.1) is 0 Å². The lowest BCUT2D eigenvalue weighted by atomic mass is 10.1. The Hall–Kier alpha value is -3.60. The molecule has 0 saturated carbocycles. The zero-order chi connectivity index (χ0) is 22.2. The average Bonchev–Trinajstić information content (AvgIpc) is 2.76. The molecular weight excluding hydrogens is 388 g/mol. The van der Waals surface area contributed by atoms with Gasteiger partial charge in [-0.3, -0.25) is 4.79 Å². The number of ether oxygens (including phenoxy) is 2. The normalized spacial score (nSPS) is 10.8. The van der Waals surface area contributed by atoms with Crippen molar-refractivity contribution < 1.29 is 14.3 Å². The van der Waals surface area contributed by atoms with E-state index in [9.17, 15) is 4.79 Å². The van der Waals surface area contributed by atoms with Crippen LogP contribution in [0.15, 0.2) is 65.8 Å². The first-order chi connectivity index (χ1) is 15.0. The number of carbonyl (C=O) groups excluding carboxylic acids is 1. The van der Waals surface area contributed by atoms with Gasteiger partial charge >= 0.3 is 0 Å². The van der Waals surface area contributed by atoms with Crippen molar-refractivity contribution >= 4 is 12.1 Å². The number of hydrogen-bond acceptors (Lipinski definition) is 4. The fraction of sp³-hybridized carbons (Fsp3) is 0.231. The molecule has 0 unspecified atom stereocenters. The summed E-state index contributed by atoms with van der Waals surface area (Å²) in [4.78, 5) is 12.2. The Balaban J connectivity index is 1.67. The molecule has 3 aromatic carbocycles. The average molecular weight is 417 g/mol. The maximum absolute atomic E-state index is 12.2. The molecule has 31 heavy (non-hydrogen) atoms. The van der Waals surface area contributed by atoms with E-state index < -0.39 is 0 Å². The zero-order valence-corrected chi connectivity index (χ0v) is 18.4. The number of hydrazone groups is 1. The van der Waals surface area contributed by atoms with Crippen molar-refractivity contribution in [3.63, 3.8) is 0 Å². The van der Waals surface area contributed by atoms with Gasteiger partial charge in [-0.25, -0.2) is 5.43 Å². The smallest absolute Gasteiger partial charge is 0.271 e. The minimum absolute atomic E-state index is 0.255. The van der Waals surface area contributed by atoms with Crippen molar-refractivity contribution in [1.29, 1.82) is 0 Å². The molecular formula is C26H28N2O3. The van der Waals surface area contributed by atoms with E-state index in [1.165, 1.54) is 11.1 Å². The van der Waals surface area contributed by atoms with Crippen molar-refractivity contribution in [2.45, 2.75) is 34.3 Å². The molecule has 0 bridgehead atoms. The van der Waals surface area contributed by atoms with Crippen molar-refractivity contribution in [2.24, 2.45) is 5.10 Å². The second-order valence-corrected chi connectivity index (χ2v) is 7.42. The lowest BCUT2D eigenvalue weighted by Gasteiger charge is -2.14. The maximum Gasteiger partial charge on any atom is 0.271 e. The number of rotatable bonds is 8. The Kier molecular flexibility index (Phi) is 7.44. The quantitative estimate of drug-likeness (QED) is 0.398. The lowest BCUT2D eigenvalue weighted by Crippen LogP contribution is -2.17. The van der Waals surface area contributed by atoms with E-state index in [-0.39, 0.29) is 5.91 Å². The number of nitrogens with zero attached hydrogens (tertiary/aromatic N) is 1. The summed E-state index contributed by atoms with van der Waals surface area (Å²) in [6, 6.07) is 19.2. The van der Waals surface area contributed by atoms with Crippen molar-refractivity contribution in [3.05, 3.63) is 94.0 Å². The molecule has 0 aliphatic carbocycles. The first-order valence-electron chi connectivity index (χ1n) is 10.3. The van der Waals surface area contributed by atoms with Crippen molar-refractivity contribution in [1.82, 2.24) is 5.43 Å². The molecule has 0 radical (unpaired) electrons. The highest BCUT2D eigenvalue weighted by Crippen LogP contribution is 2.29. The molecule has 160 valence electrons. The molecule has 1 amide bonds. The third kappa shape index (κ3) is 6.19. The van der Waals surface area contributed by atoms with Gasteiger partial charge in [0.15, 0.2) is 11.5 Å². The van der Waals surface area contributed by atoms with Crippen LogP contribution in [-0.2, 0) is 6.61 Å². The predicted molar refractivity (Wildman–Crippen MR) is 124 cm³/mol. The number of benzene rings is 3. The minimum atomic E-state index is -0.255. The molecule has 0 aromatic heterocycles. The van der Waals surface area contributed by atoms with Gasteiger partial charge in [-0.1, -0.05) is 41.5 Å². The van der Waals surface area contributed by atoms with Gasteiger partial charge in [0.25, 0.3) is 5.91 Å². The lowest BCUT2D eigenvalue weighted by molar-refractivity contribution is 0.0955. The van der Waals surface area contributed by atoms with E-state index in [0.29, 0.717) is 30.3 Å². The molecule has 0 aliphatic rings. The second kappa shape index (κ2) is 10.4. The van der Waals surface area contributed by atoms with Crippen LogP contribution in [0.2, 0.25) is 0 Å². The summed E-state index contributed by atoms with van der Waals surface area (Å²) in [5, 5.41) is 4.07. The van der Waals surface area contributed by atoms with Gasteiger partial charge in [0.2, 0.25) is 0 Å². The Bertz CT molecular complexity index is 1070. The van der Waals surface area contributed by atoms with Gasteiger partial charge in [-0.2, -0.15) is 5.10 Å². The second-order valence-electron chi connectivity index (χ2n) is 7.42. The molecule has 0 fully saturated rings. The van der Waals surface area contributed by atoms with Crippen LogP contribution < -0.4 is 14.9 Å². The number of hydrogen-bond donors (Lipinski definition) is 1. The van der Waals surface area contributed by atoms with E-state index in [0.717, 1.165) is 16.7 Å². The van der Waals surface area contributed by atoms with Crippen molar-refractivity contribution in [2.75, 3.05) is 6.61 Å². The Morgan fingerprint density at radius 3 is 2.39 bits per heavy atom. The summed E-state index contributed by atoms with van der Waals surface area (Å²) in [5.74, 6) is 1.06. The van der Waals surface area contributed by atoms with Crippen LogP contribution in [-0.4, -0.2) is 18.7 Å². The summed E-state index contributed by atoms with van der Waals surface area (Å²) < 4.78 is 11.8. The molecule has 0 aliphatic heterocycles. The predicted octanol–water partition coefficient (Wildman–Crippen LogP) is 5.35. The molecule has 5 nitrogen and oxygen atoms in total. The largest absolute Gasteiger partial charge is 0.490 e. The highest BCUT2D eigenvalue weighted by atomic mass is 16.5. The van der Waals surface area contributed by atoms with E-state index in [1.54, 1.807) is 18.3 Å². The van der Waals surface area contributed by atoms with Crippen LogP contribution in [0.5, 0.6) is 11.5 Å². The third-order valence-corrected chi connectivity index (χ3v) is 4.85. The summed E-state index contributed by atoms with van der Waals surface area (Å²) >= 11 is 0. The minimum Gasteiger partial charge on any atom is -0.490 e. The van der Waals surface area contributed by atoms with Gasteiger partial charge in [-0.05, 0) is 74.7 Å². The summed E-state index contributed by atoms with van der Waals surface area (Å²) in [5.41, 5.74) is 8.55. The number of aryl methyl sites for hydroxylation is 3. The first-order valence-corrected chi connectivity index (χ1v) is 10.3. The Morgan fingerprint density at radius 2 is 1.65 bits per heavy atom. The fourth-order valence-electron chi connectivity index (χ4n) is 3.04. The maximum atomic E-state index is 12.2. The van der Waals surface area contributed by atoms with Crippen LogP contribution in [0.1, 0.15) is 45.1 Å². The van der Waals surface area contributed by atoms with Gasteiger partial charge < -0.3 is 9.47 Å². The van der Waals surface area contributed by atoms with Crippen molar-refractivity contribution in [3.8, 4) is 11.5 Å². The van der Waals surface area contributed by atoms with Gasteiger partial charge in [0, 0.05) is 5.56 Å². The molecule has 0 saturated heterocycles. The number of carbonyl (C=O) groups is 1. The first kappa shape index (κ1) is 22.1. The highest BCUT2D eigenvalue weighted by molar-refractivity contribution is 5.94. The summed E-state index contributed by atoms with van der Waals surface area (Å²) in [6.45, 7) is 9.03. The zero-order valence-electron chi connectivity index (χ0n) is 18.4. The monoisotopic (exact) mass is 416 g/mol. The van der Waals surface area contributed by atoms with Crippen LogP contribution >= 0.6 is 0 Å². The van der Waals surface area contributed by atoms with E-state index in [2.05, 4.69) is 42.6 Å². The molecule has 3 aromatic rings.